The van der Waals surface area contributed by atoms with Crippen molar-refractivity contribution in [3.05, 3.63) is 59.8 Å². The molecule has 0 saturated heterocycles. The van der Waals surface area contributed by atoms with E-state index in [-0.39, 0.29) is 12.0 Å². The number of nitrogens with one attached hydrogen (secondary N) is 3. The Hall–Kier alpha value is -2.93. The average molecular weight is 463 g/mol. The van der Waals surface area contributed by atoms with Crippen molar-refractivity contribution in [2.45, 2.75) is 50.7 Å². The standard InChI is InChI=1S/C26H30N4O2S/c1-32-24(31)14-21-16-33-26(29-21)23-13-18-11-17(15-27-19-7-3-2-4-8-19)12-22(25(18)30-23)28-20-9-5-6-10-20/h2-4,7-8,11-13,20-21,27-28,30H,5-6,9-10,14-16H2,1H3. The molecule has 172 valence electrons. The average Bonchev–Trinajstić information content (AvgIpc) is 3.59. The molecule has 1 fully saturated rings. The molecule has 0 amide bonds. The first kappa shape index (κ1) is 21.9. The Morgan fingerprint density at radius 3 is 2.79 bits per heavy atom. The van der Waals surface area contributed by atoms with Gasteiger partial charge >= 0.3 is 5.97 Å². The fourth-order valence-corrected chi connectivity index (χ4v) is 5.66. The van der Waals surface area contributed by atoms with E-state index in [1.165, 1.54) is 43.7 Å². The molecule has 7 heteroatoms. The fraction of sp³-hybridized carbons (Fsp3) is 0.385. The van der Waals surface area contributed by atoms with Gasteiger partial charge in [0.15, 0.2) is 0 Å². The minimum absolute atomic E-state index is 0.0226. The van der Waals surface area contributed by atoms with Crippen LogP contribution in [0.5, 0.6) is 0 Å². The van der Waals surface area contributed by atoms with Crippen LogP contribution < -0.4 is 10.6 Å². The summed E-state index contributed by atoms with van der Waals surface area (Å²) in [5.41, 5.74) is 5.66. The molecule has 33 heavy (non-hydrogen) atoms. The zero-order chi connectivity index (χ0) is 22.6. The quantitative estimate of drug-likeness (QED) is 0.382. The van der Waals surface area contributed by atoms with E-state index in [4.69, 9.17) is 9.73 Å². The molecule has 1 aliphatic carbocycles. The molecule has 1 atom stereocenters. The summed E-state index contributed by atoms with van der Waals surface area (Å²) < 4.78 is 4.81. The topological polar surface area (TPSA) is 78.5 Å². The van der Waals surface area contributed by atoms with Gasteiger partial charge in [-0.05, 0) is 48.7 Å². The molecule has 1 unspecified atom stereocenters. The molecular formula is C26H30N4O2S. The van der Waals surface area contributed by atoms with Gasteiger partial charge in [0.05, 0.1) is 36.5 Å². The summed E-state index contributed by atoms with van der Waals surface area (Å²) in [6, 6.07) is 17.5. The van der Waals surface area contributed by atoms with Crippen LogP contribution in [0, 0.1) is 0 Å². The number of benzene rings is 2. The lowest BCUT2D eigenvalue weighted by Crippen LogP contribution is -2.15. The van der Waals surface area contributed by atoms with Crippen LogP contribution in [0.1, 0.15) is 43.4 Å². The van der Waals surface area contributed by atoms with Crippen molar-refractivity contribution >= 4 is 45.1 Å². The van der Waals surface area contributed by atoms with Crippen LogP contribution in [-0.4, -0.2) is 40.9 Å². The number of methoxy groups -OCH3 is 1. The largest absolute Gasteiger partial charge is 0.469 e. The first-order valence-electron chi connectivity index (χ1n) is 11.7. The van der Waals surface area contributed by atoms with Crippen molar-refractivity contribution in [3.8, 4) is 0 Å². The van der Waals surface area contributed by atoms with Gasteiger partial charge in [-0.2, -0.15) is 0 Å². The van der Waals surface area contributed by atoms with Gasteiger partial charge in [0.1, 0.15) is 5.04 Å². The number of carbonyl (C=O) groups excluding carboxylic acids is 1. The van der Waals surface area contributed by atoms with Crippen LogP contribution >= 0.6 is 11.8 Å². The van der Waals surface area contributed by atoms with Gasteiger partial charge in [-0.25, -0.2) is 0 Å². The minimum atomic E-state index is -0.208. The molecule has 2 heterocycles. The Kier molecular flexibility index (Phi) is 6.58. The van der Waals surface area contributed by atoms with Crippen molar-refractivity contribution in [2.24, 2.45) is 4.99 Å². The highest BCUT2D eigenvalue weighted by Crippen LogP contribution is 2.33. The van der Waals surface area contributed by atoms with Crippen molar-refractivity contribution in [1.29, 1.82) is 0 Å². The van der Waals surface area contributed by atoms with Crippen LogP contribution in [-0.2, 0) is 16.1 Å². The lowest BCUT2D eigenvalue weighted by Gasteiger charge is -2.16. The number of fused-ring (bicyclic) bond motifs is 1. The molecule has 6 nitrogen and oxygen atoms in total. The third-order valence-corrected chi connectivity index (χ3v) is 7.50. The number of esters is 1. The first-order chi connectivity index (χ1) is 16.2. The number of nitrogens with zero attached hydrogens (tertiary/aromatic N) is 1. The van der Waals surface area contributed by atoms with Crippen molar-refractivity contribution in [2.75, 3.05) is 23.5 Å². The van der Waals surface area contributed by atoms with Crippen molar-refractivity contribution in [3.63, 3.8) is 0 Å². The van der Waals surface area contributed by atoms with E-state index < -0.39 is 0 Å². The highest BCUT2D eigenvalue weighted by atomic mass is 32.2. The monoisotopic (exact) mass is 462 g/mol. The summed E-state index contributed by atoms with van der Waals surface area (Å²) in [7, 11) is 1.43. The Morgan fingerprint density at radius 2 is 2.00 bits per heavy atom. The Bertz CT molecular complexity index is 1150. The molecule has 0 radical (unpaired) electrons. The molecule has 3 aromatic rings. The zero-order valence-electron chi connectivity index (χ0n) is 18.9. The molecule has 2 aliphatic rings. The van der Waals surface area contributed by atoms with Crippen molar-refractivity contribution < 1.29 is 9.53 Å². The van der Waals surface area contributed by atoms with Gasteiger partial charge in [0.2, 0.25) is 0 Å². The van der Waals surface area contributed by atoms with Crippen LogP contribution in [0.3, 0.4) is 0 Å². The van der Waals surface area contributed by atoms with E-state index in [9.17, 15) is 4.79 Å². The van der Waals surface area contributed by atoms with Crippen LogP contribution in [0.25, 0.3) is 10.9 Å². The summed E-state index contributed by atoms with van der Waals surface area (Å²) in [5, 5.41) is 9.48. The molecule has 0 spiro atoms. The normalized spacial score (nSPS) is 18.5. The first-order valence-corrected chi connectivity index (χ1v) is 12.7. The number of anilines is 2. The highest BCUT2D eigenvalue weighted by Gasteiger charge is 2.24. The number of rotatable bonds is 8. The second-order valence-corrected chi connectivity index (χ2v) is 9.82. The summed E-state index contributed by atoms with van der Waals surface area (Å²) >= 11 is 1.70. The zero-order valence-corrected chi connectivity index (χ0v) is 19.7. The maximum atomic E-state index is 11.6. The van der Waals surface area contributed by atoms with E-state index in [1.807, 2.05) is 18.2 Å². The number of ether oxygens (including phenoxy) is 1. The molecule has 1 aromatic heterocycles. The predicted octanol–water partition coefficient (Wildman–Crippen LogP) is 5.56. The van der Waals surface area contributed by atoms with Gasteiger partial charge in [-0.15, -0.1) is 11.8 Å². The summed E-state index contributed by atoms with van der Waals surface area (Å²) in [5.74, 6) is 0.597. The summed E-state index contributed by atoms with van der Waals surface area (Å²) in [6.45, 7) is 0.761. The highest BCUT2D eigenvalue weighted by molar-refractivity contribution is 8.14. The van der Waals surface area contributed by atoms with Gasteiger partial charge in [-0.1, -0.05) is 31.0 Å². The Balaban J connectivity index is 1.42. The maximum Gasteiger partial charge on any atom is 0.307 e. The predicted molar refractivity (Wildman–Crippen MR) is 137 cm³/mol. The maximum absolute atomic E-state index is 11.6. The summed E-state index contributed by atoms with van der Waals surface area (Å²) in [4.78, 5) is 20.0. The number of hydrogen-bond donors (Lipinski definition) is 3. The molecule has 1 aliphatic heterocycles. The van der Waals surface area contributed by atoms with Crippen molar-refractivity contribution in [1.82, 2.24) is 4.98 Å². The Morgan fingerprint density at radius 1 is 1.18 bits per heavy atom. The number of H-pyrrole nitrogens is 1. The second kappa shape index (κ2) is 9.91. The number of aromatic amines is 1. The number of aliphatic imine (C=N–C) groups is 1. The van der Waals surface area contributed by atoms with E-state index in [0.29, 0.717) is 12.5 Å². The van der Waals surface area contributed by atoms with Gasteiger partial charge in [0.25, 0.3) is 0 Å². The van der Waals surface area contributed by atoms with E-state index in [2.05, 4.69) is 45.9 Å². The van der Waals surface area contributed by atoms with Gasteiger partial charge in [0, 0.05) is 29.4 Å². The van der Waals surface area contributed by atoms with Crippen LogP contribution in [0.4, 0.5) is 11.4 Å². The third kappa shape index (κ3) is 5.19. The Labute approximate surface area is 198 Å². The molecule has 1 saturated carbocycles. The van der Waals surface area contributed by atoms with E-state index in [1.54, 1.807) is 11.8 Å². The lowest BCUT2D eigenvalue weighted by molar-refractivity contribution is -0.140. The number of hydrogen-bond acceptors (Lipinski definition) is 6. The smallest absolute Gasteiger partial charge is 0.307 e. The number of para-hydroxylation sites is 1. The molecule has 2 aromatic carbocycles. The number of carbonyl (C=O) groups is 1. The molecule has 5 rings (SSSR count). The number of thioether (sulfide) groups is 1. The minimum Gasteiger partial charge on any atom is -0.469 e. The molecule has 0 bridgehead atoms. The van der Waals surface area contributed by atoms with Gasteiger partial charge < -0.3 is 20.4 Å². The molecule has 3 N–H and O–H groups in total. The number of aromatic nitrogens is 1. The lowest BCUT2D eigenvalue weighted by atomic mass is 10.1. The van der Waals surface area contributed by atoms with E-state index >= 15 is 0 Å². The fourth-order valence-electron chi connectivity index (χ4n) is 4.63. The third-order valence-electron chi connectivity index (χ3n) is 6.35. The van der Waals surface area contributed by atoms with Crippen LogP contribution in [0.2, 0.25) is 0 Å². The SMILES string of the molecule is COC(=O)CC1CSC(c2cc3cc(CNc4ccccc4)cc(NC4CCCC4)c3[nH]2)=N1. The van der Waals surface area contributed by atoms with E-state index in [0.717, 1.165) is 39.9 Å². The molecular weight excluding hydrogens is 432 g/mol. The second-order valence-electron chi connectivity index (χ2n) is 8.82. The van der Waals surface area contributed by atoms with Gasteiger partial charge in [-0.3, -0.25) is 9.79 Å². The van der Waals surface area contributed by atoms with Crippen LogP contribution in [0.15, 0.2) is 53.5 Å². The summed E-state index contributed by atoms with van der Waals surface area (Å²) in [6.07, 6.45) is 5.36.